The maximum Gasteiger partial charge on any atom is 0.252 e. The highest BCUT2D eigenvalue weighted by molar-refractivity contribution is 7.89. The van der Waals surface area contributed by atoms with Gasteiger partial charge in [-0.25, -0.2) is 13.1 Å². The number of likely N-dealkylation sites (tertiary alicyclic amines) is 1. The van der Waals surface area contributed by atoms with Gasteiger partial charge in [-0.05, 0) is 63.5 Å². The minimum Gasteiger partial charge on any atom is -0.350 e. The van der Waals surface area contributed by atoms with Crippen molar-refractivity contribution in [2.75, 3.05) is 19.6 Å². The monoisotopic (exact) mass is 449 g/mol. The molecule has 0 aliphatic carbocycles. The van der Waals surface area contributed by atoms with Crippen molar-refractivity contribution in [2.24, 2.45) is 0 Å². The van der Waals surface area contributed by atoms with Crippen LogP contribution in [-0.4, -0.2) is 44.9 Å². The third kappa shape index (κ3) is 5.60. The molecule has 0 spiro atoms. The average molecular weight is 450 g/mol. The third-order valence-corrected chi connectivity index (χ3v) is 7.09. The van der Waals surface area contributed by atoms with Crippen LogP contribution in [0.2, 0.25) is 5.02 Å². The average Bonchev–Trinajstić information content (AvgIpc) is 3.22. The Morgan fingerprint density at radius 3 is 2.40 bits per heavy atom. The number of nitrogens with one attached hydrogen (secondary N) is 2. The number of carbonyl (C=O) groups is 1. The second-order valence-electron chi connectivity index (χ2n) is 7.80. The van der Waals surface area contributed by atoms with Gasteiger partial charge in [0.2, 0.25) is 10.0 Å². The molecule has 1 unspecified atom stereocenters. The summed E-state index contributed by atoms with van der Waals surface area (Å²) in [5.74, 6) is -0.387. The Kier molecular flexibility index (Phi) is 7.52. The van der Waals surface area contributed by atoms with Gasteiger partial charge in [-0.15, -0.1) is 0 Å². The van der Waals surface area contributed by atoms with Crippen LogP contribution in [0.1, 0.15) is 48.7 Å². The van der Waals surface area contributed by atoms with Crippen LogP contribution in [0.5, 0.6) is 0 Å². The molecule has 6 nitrogen and oxygen atoms in total. The summed E-state index contributed by atoms with van der Waals surface area (Å²) in [6, 6.07) is 14.1. The van der Waals surface area contributed by atoms with Gasteiger partial charge < -0.3 is 5.32 Å². The summed E-state index contributed by atoms with van der Waals surface area (Å²) in [6.07, 6.45) is 2.29. The zero-order valence-corrected chi connectivity index (χ0v) is 18.8. The number of amides is 1. The van der Waals surface area contributed by atoms with Gasteiger partial charge in [0.05, 0.1) is 21.5 Å². The molecular formula is C22H28ClN3O3S. The van der Waals surface area contributed by atoms with Crippen LogP contribution in [0.4, 0.5) is 0 Å². The fourth-order valence-corrected chi connectivity index (χ4v) is 5.17. The third-order valence-electron chi connectivity index (χ3n) is 5.11. The summed E-state index contributed by atoms with van der Waals surface area (Å²) in [7, 11) is -3.72. The van der Waals surface area contributed by atoms with Crippen LogP contribution < -0.4 is 10.0 Å². The topological polar surface area (TPSA) is 78.5 Å². The van der Waals surface area contributed by atoms with Crippen molar-refractivity contribution < 1.29 is 13.2 Å². The zero-order valence-electron chi connectivity index (χ0n) is 17.3. The van der Waals surface area contributed by atoms with E-state index in [4.69, 9.17) is 11.6 Å². The quantitative estimate of drug-likeness (QED) is 0.645. The summed E-state index contributed by atoms with van der Waals surface area (Å²) in [4.78, 5) is 15.3. The van der Waals surface area contributed by atoms with E-state index in [1.54, 1.807) is 13.8 Å². The Bertz CT molecular complexity index is 974. The van der Waals surface area contributed by atoms with Crippen LogP contribution >= 0.6 is 11.6 Å². The van der Waals surface area contributed by atoms with Crippen molar-refractivity contribution in [3.8, 4) is 0 Å². The SMILES string of the molecule is CC(C)NS(=O)(=O)c1ccc(Cl)c(C(=O)NCC(c2ccccc2)N2CCCC2)c1. The molecule has 2 aromatic carbocycles. The first-order chi connectivity index (χ1) is 14.3. The predicted octanol–water partition coefficient (Wildman–Crippen LogP) is 3.59. The molecule has 162 valence electrons. The fraction of sp³-hybridized carbons (Fsp3) is 0.409. The van der Waals surface area contributed by atoms with Gasteiger partial charge in [0.15, 0.2) is 0 Å². The molecule has 3 rings (SSSR count). The van der Waals surface area contributed by atoms with Crippen LogP contribution in [0.15, 0.2) is 53.4 Å². The lowest BCUT2D eigenvalue weighted by Gasteiger charge is -2.28. The zero-order chi connectivity index (χ0) is 21.7. The van der Waals surface area contributed by atoms with E-state index in [2.05, 4.69) is 27.1 Å². The van der Waals surface area contributed by atoms with E-state index in [-0.39, 0.29) is 33.5 Å². The van der Waals surface area contributed by atoms with Crippen molar-refractivity contribution in [3.05, 3.63) is 64.7 Å². The van der Waals surface area contributed by atoms with Gasteiger partial charge in [0.25, 0.3) is 5.91 Å². The summed E-state index contributed by atoms with van der Waals surface area (Å²) >= 11 is 6.22. The van der Waals surface area contributed by atoms with E-state index in [0.29, 0.717) is 6.54 Å². The van der Waals surface area contributed by atoms with E-state index in [1.165, 1.54) is 18.2 Å². The molecule has 30 heavy (non-hydrogen) atoms. The van der Waals surface area contributed by atoms with Crippen molar-refractivity contribution in [1.29, 1.82) is 0 Å². The lowest BCUT2D eigenvalue weighted by Crippen LogP contribution is -2.37. The number of benzene rings is 2. The minimum absolute atomic E-state index is 0.0184. The molecule has 8 heteroatoms. The summed E-state index contributed by atoms with van der Waals surface area (Å²) < 4.78 is 27.4. The number of hydrogen-bond acceptors (Lipinski definition) is 4. The van der Waals surface area contributed by atoms with Gasteiger partial charge >= 0.3 is 0 Å². The van der Waals surface area contributed by atoms with Crippen LogP contribution in [0.3, 0.4) is 0 Å². The molecule has 1 saturated heterocycles. The number of hydrogen-bond donors (Lipinski definition) is 2. The molecule has 1 aliphatic heterocycles. The Morgan fingerprint density at radius 1 is 1.10 bits per heavy atom. The lowest BCUT2D eigenvalue weighted by atomic mass is 10.1. The molecule has 1 fully saturated rings. The number of halogens is 1. The largest absolute Gasteiger partial charge is 0.350 e. The van der Waals surface area contributed by atoms with E-state index in [9.17, 15) is 13.2 Å². The Balaban J connectivity index is 1.78. The molecule has 0 bridgehead atoms. The first-order valence-electron chi connectivity index (χ1n) is 10.2. The molecular weight excluding hydrogens is 422 g/mol. The van der Waals surface area contributed by atoms with E-state index in [0.717, 1.165) is 31.5 Å². The van der Waals surface area contributed by atoms with Crippen LogP contribution in [0.25, 0.3) is 0 Å². The summed E-state index contributed by atoms with van der Waals surface area (Å²) in [5, 5.41) is 3.17. The highest BCUT2D eigenvalue weighted by Crippen LogP contribution is 2.25. The van der Waals surface area contributed by atoms with Crippen LogP contribution in [0, 0.1) is 0 Å². The van der Waals surface area contributed by atoms with E-state index < -0.39 is 10.0 Å². The molecule has 0 radical (unpaired) electrons. The van der Waals surface area contributed by atoms with Crippen molar-refractivity contribution in [2.45, 2.75) is 43.7 Å². The van der Waals surface area contributed by atoms with E-state index in [1.807, 2.05) is 18.2 Å². The Labute approximate surface area is 183 Å². The second-order valence-corrected chi connectivity index (χ2v) is 9.92. The predicted molar refractivity (Wildman–Crippen MR) is 119 cm³/mol. The number of rotatable bonds is 8. The molecule has 1 amide bonds. The minimum atomic E-state index is -3.72. The van der Waals surface area contributed by atoms with Gasteiger partial charge in [-0.3, -0.25) is 9.69 Å². The molecule has 1 atom stereocenters. The number of carbonyl (C=O) groups excluding carboxylic acids is 1. The molecule has 1 heterocycles. The van der Waals surface area contributed by atoms with Crippen molar-refractivity contribution >= 4 is 27.5 Å². The highest BCUT2D eigenvalue weighted by atomic mass is 35.5. The van der Waals surface area contributed by atoms with Crippen LogP contribution in [-0.2, 0) is 10.0 Å². The normalized spacial score (nSPS) is 16.0. The Morgan fingerprint density at radius 2 is 1.77 bits per heavy atom. The highest BCUT2D eigenvalue weighted by Gasteiger charge is 2.25. The summed E-state index contributed by atoms with van der Waals surface area (Å²) in [6.45, 7) is 5.88. The summed E-state index contributed by atoms with van der Waals surface area (Å²) in [5.41, 5.74) is 1.29. The molecule has 2 N–H and O–H groups in total. The number of nitrogens with zero attached hydrogens (tertiary/aromatic N) is 1. The standard InChI is InChI=1S/C22H28ClN3O3S/c1-16(2)25-30(28,29)18-10-11-20(23)19(14-18)22(27)24-15-21(26-12-6-7-13-26)17-8-4-3-5-9-17/h3-5,8-11,14,16,21,25H,6-7,12-13,15H2,1-2H3,(H,24,27). The maximum absolute atomic E-state index is 12.9. The smallest absolute Gasteiger partial charge is 0.252 e. The molecule has 0 aromatic heterocycles. The fourth-order valence-electron chi connectivity index (χ4n) is 3.69. The first kappa shape index (κ1) is 22.7. The second kappa shape index (κ2) is 9.92. The van der Waals surface area contributed by atoms with Gasteiger partial charge in [-0.1, -0.05) is 41.9 Å². The van der Waals surface area contributed by atoms with Gasteiger partial charge in [0, 0.05) is 12.6 Å². The molecule has 1 aliphatic rings. The van der Waals surface area contributed by atoms with Crippen molar-refractivity contribution in [1.82, 2.24) is 14.9 Å². The van der Waals surface area contributed by atoms with E-state index >= 15 is 0 Å². The van der Waals surface area contributed by atoms with Gasteiger partial charge in [-0.2, -0.15) is 0 Å². The Hall–Kier alpha value is -1.93. The molecule has 2 aromatic rings. The van der Waals surface area contributed by atoms with Crippen molar-refractivity contribution in [3.63, 3.8) is 0 Å². The van der Waals surface area contributed by atoms with Gasteiger partial charge in [0.1, 0.15) is 0 Å². The molecule has 0 saturated carbocycles. The first-order valence-corrected chi connectivity index (χ1v) is 12.0. The maximum atomic E-state index is 12.9. The lowest BCUT2D eigenvalue weighted by molar-refractivity contribution is 0.0938. The number of sulfonamides is 1.